The Morgan fingerprint density at radius 3 is 2.22 bits per heavy atom. The van der Waals surface area contributed by atoms with E-state index >= 15 is 0 Å². The Kier molecular flexibility index (Phi) is 5.08. The summed E-state index contributed by atoms with van der Waals surface area (Å²) in [5.41, 5.74) is -0.396. The maximum atomic E-state index is 10.5. The molecule has 2 N–H and O–H groups in total. The summed E-state index contributed by atoms with van der Waals surface area (Å²) >= 11 is 0. The lowest BCUT2D eigenvalue weighted by atomic mass is 9.79. The normalized spacial score (nSPS) is 32.7. The fraction of sp³-hybridized carbons (Fsp3) is 1.00. The van der Waals surface area contributed by atoms with E-state index in [0.29, 0.717) is 6.04 Å². The Labute approximate surface area is 113 Å². The van der Waals surface area contributed by atoms with E-state index in [4.69, 9.17) is 0 Å². The van der Waals surface area contributed by atoms with Crippen molar-refractivity contribution in [1.82, 2.24) is 5.32 Å². The van der Waals surface area contributed by atoms with Crippen molar-refractivity contribution in [3.8, 4) is 0 Å². The Morgan fingerprint density at radius 2 is 1.67 bits per heavy atom. The minimum absolute atomic E-state index is 0.396. The lowest BCUT2D eigenvalue weighted by Crippen LogP contribution is -2.46. The van der Waals surface area contributed by atoms with Crippen molar-refractivity contribution in [2.24, 2.45) is 11.8 Å². The average molecular weight is 253 g/mol. The molecule has 2 rings (SSSR count). The van der Waals surface area contributed by atoms with Gasteiger partial charge < -0.3 is 10.4 Å². The summed E-state index contributed by atoms with van der Waals surface area (Å²) in [5, 5.41) is 14.1. The molecule has 0 saturated heterocycles. The van der Waals surface area contributed by atoms with E-state index in [1.807, 2.05) is 0 Å². The Morgan fingerprint density at radius 1 is 1.06 bits per heavy atom. The van der Waals surface area contributed by atoms with E-state index in [-0.39, 0.29) is 0 Å². The van der Waals surface area contributed by atoms with Gasteiger partial charge in [-0.3, -0.25) is 0 Å². The molecule has 0 unspecified atom stereocenters. The smallest absolute Gasteiger partial charge is 0.0771 e. The van der Waals surface area contributed by atoms with Crippen LogP contribution in [0.2, 0.25) is 0 Å². The van der Waals surface area contributed by atoms with Crippen LogP contribution in [0.25, 0.3) is 0 Å². The number of rotatable bonds is 4. The van der Waals surface area contributed by atoms with Gasteiger partial charge in [-0.15, -0.1) is 0 Å². The molecule has 0 bridgehead atoms. The van der Waals surface area contributed by atoms with Crippen LogP contribution in [0.5, 0.6) is 0 Å². The summed E-state index contributed by atoms with van der Waals surface area (Å²) < 4.78 is 0. The van der Waals surface area contributed by atoms with Crippen LogP contribution in [-0.4, -0.2) is 23.3 Å². The van der Waals surface area contributed by atoms with Crippen molar-refractivity contribution in [2.75, 3.05) is 6.54 Å². The van der Waals surface area contributed by atoms with Gasteiger partial charge in [-0.05, 0) is 50.4 Å². The average Bonchev–Trinajstić information content (AvgIpc) is 2.38. The number of aliphatic hydroxyl groups is 1. The maximum Gasteiger partial charge on any atom is 0.0771 e. The molecule has 0 aromatic carbocycles. The molecule has 0 atom stereocenters. The van der Waals surface area contributed by atoms with Crippen molar-refractivity contribution >= 4 is 0 Å². The zero-order valence-electron chi connectivity index (χ0n) is 12.3. The highest BCUT2D eigenvalue weighted by Crippen LogP contribution is 2.31. The molecule has 0 aliphatic heterocycles. The first-order valence-electron chi connectivity index (χ1n) is 8.05. The van der Waals surface area contributed by atoms with Crippen LogP contribution >= 0.6 is 0 Å². The molecule has 2 nitrogen and oxygen atoms in total. The Balaban J connectivity index is 1.68. The van der Waals surface area contributed by atoms with Gasteiger partial charge in [0.15, 0.2) is 0 Å². The van der Waals surface area contributed by atoms with Crippen LogP contribution in [0.15, 0.2) is 0 Å². The third-order valence-corrected chi connectivity index (χ3v) is 5.22. The molecule has 0 heterocycles. The van der Waals surface area contributed by atoms with Crippen molar-refractivity contribution in [2.45, 2.75) is 83.3 Å². The Bertz CT molecular complexity index is 237. The van der Waals surface area contributed by atoms with Gasteiger partial charge in [0, 0.05) is 12.6 Å². The zero-order valence-corrected chi connectivity index (χ0v) is 12.3. The maximum absolute atomic E-state index is 10.5. The molecule has 2 saturated carbocycles. The SMILES string of the molecule is CC(C)C1CCC(NCC2(O)CCCCC2)CC1. The lowest BCUT2D eigenvalue weighted by molar-refractivity contribution is 0.00103. The van der Waals surface area contributed by atoms with Gasteiger partial charge in [0.05, 0.1) is 5.60 Å². The fourth-order valence-electron chi connectivity index (χ4n) is 3.71. The molecule has 2 fully saturated rings. The van der Waals surface area contributed by atoms with Crippen LogP contribution in [0.1, 0.15) is 71.6 Å². The van der Waals surface area contributed by atoms with Gasteiger partial charge in [-0.2, -0.15) is 0 Å². The molecule has 2 aliphatic rings. The molecule has 106 valence electrons. The van der Waals surface area contributed by atoms with Crippen LogP contribution in [0.4, 0.5) is 0 Å². The van der Waals surface area contributed by atoms with Gasteiger partial charge in [-0.25, -0.2) is 0 Å². The second-order valence-corrected chi connectivity index (χ2v) is 7.02. The van der Waals surface area contributed by atoms with Crippen LogP contribution in [-0.2, 0) is 0 Å². The van der Waals surface area contributed by atoms with Gasteiger partial charge in [0.2, 0.25) is 0 Å². The van der Waals surface area contributed by atoms with E-state index in [2.05, 4.69) is 19.2 Å². The Hall–Kier alpha value is -0.0800. The number of nitrogens with one attached hydrogen (secondary N) is 1. The van der Waals surface area contributed by atoms with Crippen LogP contribution in [0, 0.1) is 11.8 Å². The van der Waals surface area contributed by atoms with Crippen molar-refractivity contribution in [1.29, 1.82) is 0 Å². The van der Waals surface area contributed by atoms with Gasteiger partial charge in [-0.1, -0.05) is 33.1 Å². The molecule has 0 amide bonds. The first-order valence-corrected chi connectivity index (χ1v) is 8.05. The third-order valence-electron chi connectivity index (χ3n) is 5.22. The molecule has 2 aliphatic carbocycles. The lowest BCUT2D eigenvalue weighted by Gasteiger charge is -2.36. The summed E-state index contributed by atoms with van der Waals surface area (Å²) in [6.07, 6.45) is 11.1. The quantitative estimate of drug-likeness (QED) is 0.804. The third kappa shape index (κ3) is 3.96. The largest absolute Gasteiger partial charge is 0.389 e. The first-order chi connectivity index (χ1) is 8.59. The van der Waals surface area contributed by atoms with Crippen molar-refractivity contribution < 1.29 is 5.11 Å². The van der Waals surface area contributed by atoms with Crippen LogP contribution in [0.3, 0.4) is 0 Å². The predicted octanol–water partition coefficient (Wildman–Crippen LogP) is 3.49. The van der Waals surface area contributed by atoms with E-state index < -0.39 is 5.60 Å². The van der Waals surface area contributed by atoms with E-state index in [1.54, 1.807) is 0 Å². The van der Waals surface area contributed by atoms with Crippen molar-refractivity contribution in [3.05, 3.63) is 0 Å². The minimum atomic E-state index is -0.396. The molecule has 18 heavy (non-hydrogen) atoms. The monoisotopic (exact) mass is 253 g/mol. The fourth-order valence-corrected chi connectivity index (χ4v) is 3.71. The molecule has 0 radical (unpaired) electrons. The standard InChI is InChI=1S/C16H31NO/c1-13(2)14-6-8-15(9-7-14)17-12-16(18)10-4-3-5-11-16/h13-15,17-18H,3-12H2,1-2H3. The molecule has 2 heteroatoms. The topological polar surface area (TPSA) is 32.3 Å². The summed E-state index contributed by atoms with van der Waals surface area (Å²) in [4.78, 5) is 0. The number of hydrogen-bond donors (Lipinski definition) is 2. The van der Waals surface area contributed by atoms with E-state index in [0.717, 1.165) is 31.2 Å². The molecule has 0 aromatic heterocycles. The molecular weight excluding hydrogens is 222 g/mol. The second kappa shape index (κ2) is 6.38. The second-order valence-electron chi connectivity index (χ2n) is 7.02. The first kappa shape index (κ1) is 14.3. The van der Waals surface area contributed by atoms with Gasteiger partial charge in [0.1, 0.15) is 0 Å². The van der Waals surface area contributed by atoms with Crippen molar-refractivity contribution in [3.63, 3.8) is 0 Å². The van der Waals surface area contributed by atoms with Gasteiger partial charge in [0.25, 0.3) is 0 Å². The van der Waals surface area contributed by atoms with E-state index in [1.165, 1.54) is 44.9 Å². The molecule has 0 aromatic rings. The summed E-state index contributed by atoms with van der Waals surface area (Å²) in [6.45, 7) is 5.52. The highest BCUT2D eigenvalue weighted by molar-refractivity contribution is 4.87. The minimum Gasteiger partial charge on any atom is -0.389 e. The highest BCUT2D eigenvalue weighted by atomic mass is 16.3. The summed E-state index contributed by atoms with van der Waals surface area (Å²) in [5.74, 6) is 1.77. The predicted molar refractivity (Wildman–Crippen MR) is 76.6 cm³/mol. The van der Waals surface area contributed by atoms with Crippen LogP contribution < -0.4 is 5.32 Å². The summed E-state index contributed by atoms with van der Waals surface area (Å²) in [7, 11) is 0. The summed E-state index contributed by atoms with van der Waals surface area (Å²) in [6, 6.07) is 0.658. The zero-order chi connectivity index (χ0) is 13.0. The molecule has 0 spiro atoms. The van der Waals surface area contributed by atoms with Gasteiger partial charge >= 0.3 is 0 Å². The van der Waals surface area contributed by atoms with E-state index in [9.17, 15) is 5.11 Å². The highest BCUT2D eigenvalue weighted by Gasteiger charge is 2.30. The molecular formula is C16H31NO. The number of hydrogen-bond acceptors (Lipinski definition) is 2.